The summed E-state index contributed by atoms with van der Waals surface area (Å²) in [5.74, 6) is 3.66. The minimum Gasteiger partial charge on any atom is -0.307 e. The molecule has 4 saturated carbocycles. The Balaban J connectivity index is 1.49. The predicted molar refractivity (Wildman–Crippen MR) is 78.8 cm³/mol. The molecule has 4 bridgehead atoms. The molecule has 4 aliphatic carbocycles. The van der Waals surface area contributed by atoms with Crippen molar-refractivity contribution in [2.24, 2.45) is 23.7 Å². The summed E-state index contributed by atoms with van der Waals surface area (Å²) in [4.78, 5) is 0. The van der Waals surface area contributed by atoms with Crippen LogP contribution >= 0.6 is 0 Å². The zero-order valence-corrected chi connectivity index (χ0v) is 12.2. The lowest BCUT2D eigenvalue weighted by Gasteiger charge is -2.55. The van der Waals surface area contributed by atoms with Gasteiger partial charge in [0.05, 0.1) is 0 Å². The molecular formula is C18H24FN. The summed E-state index contributed by atoms with van der Waals surface area (Å²) in [6.45, 7) is 2.18. The van der Waals surface area contributed by atoms with Crippen molar-refractivity contribution in [3.8, 4) is 0 Å². The van der Waals surface area contributed by atoms with E-state index in [2.05, 4.69) is 12.2 Å². The predicted octanol–water partition coefficient (Wildman–Crippen LogP) is 4.30. The quantitative estimate of drug-likeness (QED) is 0.865. The van der Waals surface area contributed by atoms with E-state index in [9.17, 15) is 4.39 Å². The van der Waals surface area contributed by atoms with E-state index in [0.717, 1.165) is 29.2 Å². The highest BCUT2D eigenvalue weighted by Gasteiger charge is 2.48. The Morgan fingerprint density at radius 1 is 1.05 bits per heavy atom. The number of nitrogens with one attached hydrogen (secondary N) is 1. The van der Waals surface area contributed by atoms with Crippen molar-refractivity contribution >= 4 is 0 Å². The van der Waals surface area contributed by atoms with Crippen LogP contribution < -0.4 is 5.32 Å². The molecule has 2 heteroatoms. The van der Waals surface area contributed by atoms with Crippen molar-refractivity contribution in [2.75, 3.05) is 0 Å². The monoisotopic (exact) mass is 273 g/mol. The second-order valence-corrected chi connectivity index (χ2v) is 7.40. The van der Waals surface area contributed by atoms with Gasteiger partial charge in [-0.2, -0.15) is 0 Å². The fraction of sp³-hybridized carbons (Fsp3) is 0.667. The van der Waals surface area contributed by atoms with Crippen LogP contribution in [0.15, 0.2) is 24.3 Å². The summed E-state index contributed by atoms with van der Waals surface area (Å²) in [5.41, 5.74) is 1.08. The molecular weight excluding hydrogens is 249 g/mol. The lowest BCUT2D eigenvalue weighted by atomic mass is 9.54. The van der Waals surface area contributed by atoms with Crippen LogP contribution in [-0.4, -0.2) is 6.04 Å². The summed E-state index contributed by atoms with van der Waals surface area (Å²) in [6.07, 6.45) is 7.22. The first-order valence-electron chi connectivity index (χ1n) is 8.20. The first kappa shape index (κ1) is 12.8. The van der Waals surface area contributed by atoms with Crippen molar-refractivity contribution in [1.82, 2.24) is 5.32 Å². The highest BCUT2D eigenvalue weighted by atomic mass is 19.1. The smallest absolute Gasteiger partial charge is 0.123 e. The van der Waals surface area contributed by atoms with Crippen LogP contribution in [0.1, 0.15) is 50.6 Å². The van der Waals surface area contributed by atoms with Crippen molar-refractivity contribution in [2.45, 2.75) is 51.1 Å². The summed E-state index contributed by atoms with van der Waals surface area (Å²) >= 11 is 0. The van der Waals surface area contributed by atoms with E-state index < -0.39 is 0 Å². The summed E-state index contributed by atoms with van der Waals surface area (Å²) in [6, 6.07) is 7.98. The van der Waals surface area contributed by atoms with E-state index in [1.165, 1.54) is 38.2 Å². The van der Waals surface area contributed by atoms with Crippen LogP contribution in [0.2, 0.25) is 0 Å². The fourth-order valence-corrected chi connectivity index (χ4v) is 5.36. The number of hydrogen-bond acceptors (Lipinski definition) is 1. The van der Waals surface area contributed by atoms with Gasteiger partial charge in [0.2, 0.25) is 0 Å². The Morgan fingerprint density at radius 2 is 1.70 bits per heavy atom. The Kier molecular flexibility index (Phi) is 3.10. The van der Waals surface area contributed by atoms with Crippen molar-refractivity contribution in [3.05, 3.63) is 35.6 Å². The van der Waals surface area contributed by atoms with Crippen LogP contribution in [0.5, 0.6) is 0 Å². The van der Waals surface area contributed by atoms with Gasteiger partial charge in [-0.3, -0.25) is 0 Å². The Morgan fingerprint density at radius 3 is 2.30 bits per heavy atom. The summed E-state index contributed by atoms with van der Waals surface area (Å²) in [5, 5.41) is 3.84. The molecule has 0 aliphatic heterocycles. The zero-order chi connectivity index (χ0) is 13.7. The molecule has 1 atom stereocenters. The standard InChI is InChI=1S/C18H24FN/c1-11(14-3-2-4-17(19)10-14)20-18-15-6-12-5-13(8-15)9-16(18)7-12/h2-4,10-13,15-16,18,20H,5-9H2,1H3/t11-,12?,13?,15?,16?,18?/m1/s1. The van der Waals surface area contributed by atoms with Crippen LogP contribution in [0, 0.1) is 29.5 Å². The topological polar surface area (TPSA) is 12.0 Å². The van der Waals surface area contributed by atoms with Gasteiger partial charge in [0.25, 0.3) is 0 Å². The number of rotatable bonds is 3. The normalized spacial score (nSPS) is 40.0. The van der Waals surface area contributed by atoms with E-state index in [0.29, 0.717) is 6.04 Å². The second-order valence-electron chi connectivity index (χ2n) is 7.40. The van der Waals surface area contributed by atoms with Crippen molar-refractivity contribution < 1.29 is 4.39 Å². The minimum atomic E-state index is -0.124. The average Bonchev–Trinajstić information content (AvgIpc) is 2.42. The number of halogens is 1. The van der Waals surface area contributed by atoms with Gasteiger partial charge in [-0.25, -0.2) is 4.39 Å². The average molecular weight is 273 g/mol. The number of hydrogen-bond donors (Lipinski definition) is 1. The van der Waals surface area contributed by atoms with Crippen LogP contribution in [-0.2, 0) is 0 Å². The molecule has 0 aromatic heterocycles. The molecule has 0 heterocycles. The molecule has 4 fully saturated rings. The molecule has 1 aromatic carbocycles. The molecule has 20 heavy (non-hydrogen) atoms. The maximum Gasteiger partial charge on any atom is 0.123 e. The molecule has 108 valence electrons. The molecule has 4 aliphatic rings. The van der Waals surface area contributed by atoms with Gasteiger partial charge in [-0.15, -0.1) is 0 Å². The Hall–Kier alpha value is -0.890. The highest BCUT2D eigenvalue weighted by Crippen LogP contribution is 2.54. The van der Waals surface area contributed by atoms with Crippen LogP contribution in [0.4, 0.5) is 4.39 Å². The molecule has 1 nitrogen and oxygen atoms in total. The number of benzene rings is 1. The summed E-state index contributed by atoms with van der Waals surface area (Å²) in [7, 11) is 0. The van der Waals surface area contributed by atoms with E-state index in [1.54, 1.807) is 6.07 Å². The first-order chi connectivity index (χ1) is 9.69. The third-order valence-corrected chi connectivity index (χ3v) is 6.02. The maximum atomic E-state index is 13.4. The van der Waals surface area contributed by atoms with Crippen molar-refractivity contribution in [3.63, 3.8) is 0 Å². The summed E-state index contributed by atoms with van der Waals surface area (Å²) < 4.78 is 13.4. The molecule has 0 radical (unpaired) electrons. The Labute approximate surface area is 121 Å². The molecule has 0 spiro atoms. The Bertz CT molecular complexity index is 470. The van der Waals surface area contributed by atoms with Gasteiger partial charge < -0.3 is 5.32 Å². The molecule has 0 unspecified atom stereocenters. The van der Waals surface area contributed by atoms with E-state index in [-0.39, 0.29) is 11.9 Å². The third-order valence-electron chi connectivity index (χ3n) is 6.02. The van der Waals surface area contributed by atoms with Crippen LogP contribution in [0.3, 0.4) is 0 Å². The van der Waals surface area contributed by atoms with Gasteiger partial charge in [-0.1, -0.05) is 12.1 Å². The van der Waals surface area contributed by atoms with Crippen LogP contribution in [0.25, 0.3) is 0 Å². The highest BCUT2D eigenvalue weighted by molar-refractivity contribution is 5.20. The van der Waals surface area contributed by atoms with Crippen molar-refractivity contribution in [1.29, 1.82) is 0 Å². The molecule has 0 amide bonds. The molecule has 5 rings (SSSR count). The zero-order valence-electron chi connectivity index (χ0n) is 12.2. The maximum absolute atomic E-state index is 13.4. The van der Waals surface area contributed by atoms with Gasteiger partial charge in [-0.05, 0) is 80.4 Å². The van der Waals surface area contributed by atoms with Gasteiger partial charge in [0.15, 0.2) is 0 Å². The SMILES string of the molecule is C[C@@H](NC1C2CC3CC(C2)CC1C3)c1cccc(F)c1. The lowest BCUT2D eigenvalue weighted by molar-refractivity contribution is -0.0171. The lowest BCUT2D eigenvalue weighted by Crippen LogP contribution is -2.54. The first-order valence-corrected chi connectivity index (χ1v) is 8.20. The molecule has 1 N–H and O–H groups in total. The van der Waals surface area contributed by atoms with Gasteiger partial charge in [0, 0.05) is 12.1 Å². The van der Waals surface area contributed by atoms with E-state index >= 15 is 0 Å². The third kappa shape index (κ3) is 2.18. The van der Waals surface area contributed by atoms with Gasteiger partial charge >= 0.3 is 0 Å². The largest absolute Gasteiger partial charge is 0.307 e. The van der Waals surface area contributed by atoms with Gasteiger partial charge in [0.1, 0.15) is 5.82 Å². The van der Waals surface area contributed by atoms with E-state index in [1.807, 2.05) is 12.1 Å². The minimum absolute atomic E-state index is 0.124. The van der Waals surface area contributed by atoms with E-state index in [4.69, 9.17) is 0 Å². The molecule has 0 saturated heterocycles. The second kappa shape index (κ2) is 4.84. The molecule has 1 aromatic rings. The fourth-order valence-electron chi connectivity index (χ4n) is 5.36.